The summed E-state index contributed by atoms with van der Waals surface area (Å²) in [7, 11) is 0. The maximum Gasteiger partial charge on any atom is 0.343 e. The second-order valence-electron chi connectivity index (χ2n) is 3.23. The van der Waals surface area contributed by atoms with E-state index in [1.54, 1.807) is 24.3 Å². The first-order chi connectivity index (χ1) is 7.72. The Morgan fingerprint density at radius 1 is 1.38 bits per heavy atom. The largest absolute Gasteiger partial charge is 0.395 e. The molecule has 0 unspecified atom stereocenters. The summed E-state index contributed by atoms with van der Waals surface area (Å²) in [6.45, 7) is 0.104. The first-order valence-electron chi connectivity index (χ1n) is 4.74. The molecule has 0 saturated heterocycles. The zero-order valence-electron chi connectivity index (χ0n) is 8.35. The summed E-state index contributed by atoms with van der Waals surface area (Å²) < 4.78 is 1.38. The smallest absolute Gasteiger partial charge is 0.343 e. The average molecular weight is 240 g/mol. The second kappa shape index (κ2) is 4.51. The summed E-state index contributed by atoms with van der Waals surface area (Å²) in [5, 5.41) is 15.7. The van der Waals surface area contributed by atoms with E-state index in [0.29, 0.717) is 10.8 Å². The van der Waals surface area contributed by atoms with Crippen molar-refractivity contribution in [1.82, 2.24) is 14.8 Å². The summed E-state index contributed by atoms with van der Waals surface area (Å²) >= 11 is 5.77. The van der Waals surface area contributed by atoms with Crippen molar-refractivity contribution in [1.29, 1.82) is 0 Å². The molecule has 1 heterocycles. The van der Waals surface area contributed by atoms with Gasteiger partial charge in [-0.15, -0.1) is 0 Å². The van der Waals surface area contributed by atoms with E-state index in [1.165, 1.54) is 4.57 Å². The molecule has 1 aromatic carbocycles. The van der Waals surface area contributed by atoms with Gasteiger partial charge in [0.15, 0.2) is 5.82 Å². The number of rotatable bonds is 3. The lowest BCUT2D eigenvalue weighted by Crippen LogP contribution is -2.19. The number of aromatic nitrogens is 3. The molecule has 2 N–H and O–H groups in total. The van der Waals surface area contributed by atoms with Gasteiger partial charge >= 0.3 is 5.69 Å². The molecule has 0 aliphatic carbocycles. The Morgan fingerprint density at radius 3 is 2.69 bits per heavy atom. The molecule has 0 amide bonds. The molecule has 0 atom stereocenters. The molecule has 6 heteroatoms. The lowest BCUT2D eigenvalue weighted by molar-refractivity contribution is 0.275. The van der Waals surface area contributed by atoms with Crippen LogP contribution in [0.4, 0.5) is 0 Å². The van der Waals surface area contributed by atoms with Crippen molar-refractivity contribution in [2.24, 2.45) is 0 Å². The zero-order chi connectivity index (χ0) is 11.5. The van der Waals surface area contributed by atoms with Gasteiger partial charge in [-0.05, 0) is 24.3 Å². The van der Waals surface area contributed by atoms with E-state index in [4.69, 9.17) is 16.7 Å². The van der Waals surface area contributed by atoms with E-state index in [1.807, 2.05) is 0 Å². The van der Waals surface area contributed by atoms with Crippen LogP contribution < -0.4 is 5.69 Å². The van der Waals surface area contributed by atoms with Gasteiger partial charge in [-0.1, -0.05) is 11.6 Å². The van der Waals surface area contributed by atoms with Crippen molar-refractivity contribution < 1.29 is 5.11 Å². The number of aliphatic hydroxyl groups is 1. The summed E-state index contributed by atoms with van der Waals surface area (Å²) in [5.41, 5.74) is 0.440. The molecule has 0 spiro atoms. The lowest BCUT2D eigenvalue weighted by Gasteiger charge is -2.03. The first kappa shape index (κ1) is 10.9. The van der Waals surface area contributed by atoms with E-state index in [9.17, 15) is 4.79 Å². The average Bonchev–Trinajstić information content (AvgIpc) is 2.63. The van der Waals surface area contributed by atoms with Crippen LogP contribution in [-0.4, -0.2) is 26.5 Å². The van der Waals surface area contributed by atoms with E-state index < -0.39 is 0 Å². The van der Waals surface area contributed by atoms with Crippen LogP contribution in [0.1, 0.15) is 0 Å². The fourth-order valence-corrected chi connectivity index (χ4v) is 1.57. The van der Waals surface area contributed by atoms with Gasteiger partial charge in [0.25, 0.3) is 0 Å². The Kier molecular flexibility index (Phi) is 3.07. The fraction of sp³-hybridized carbons (Fsp3) is 0.200. The minimum atomic E-state index is -0.334. The minimum Gasteiger partial charge on any atom is -0.395 e. The van der Waals surface area contributed by atoms with Crippen molar-refractivity contribution >= 4 is 11.6 Å². The van der Waals surface area contributed by atoms with Crippen LogP contribution in [0.25, 0.3) is 11.4 Å². The van der Waals surface area contributed by atoms with Crippen LogP contribution >= 0.6 is 11.6 Å². The molecule has 0 aliphatic heterocycles. The molecule has 0 aliphatic rings. The molecule has 5 nitrogen and oxygen atoms in total. The number of aromatic amines is 1. The number of nitrogens with one attached hydrogen (secondary N) is 1. The fourth-order valence-electron chi connectivity index (χ4n) is 1.44. The predicted octanol–water partition coefficient (Wildman–Crippen LogP) is 0.884. The Balaban J connectivity index is 2.47. The van der Waals surface area contributed by atoms with Crippen LogP contribution in [0.5, 0.6) is 0 Å². The van der Waals surface area contributed by atoms with Gasteiger partial charge in [-0.3, -0.25) is 4.57 Å². The monoisotopic (exact) mass is 239 g/mol. The highest BCUT2D eigenvalue weighted by atomic mass is 35.5. The van der Waals surface area contributed by atoms with Crippen LogP contribution in [0, 0.1) is 0 Å². The molecular formula is C10H10ClN3O2. The van der Waals surface area contributed by atoms with Crippen LogP contribution in [0.3, 0.4) is 0 Å². The maximum atomic E-state index is 11.4. The van der Waals surface area contributed by atoms with Crippen molar-refractivity contribution in [3.05, 3.63) is 39.8 Å². The Hall–Kier alpha value is -1.59. The van der Waals surface area contributed by atoms with Gasteiger partial charge in [-0.25, -0.2) is 9.89 Å². The Morgan fingerprint density at radius 2 is 2.06 bits per heavy atom. The second-order valence-corrected chi connectivity index (χ2v) is 3.67. The van der Waals surface area contributed by atoms with Crippen molar-refractivity contribution in [2.45, 2.75) is 6.54 Å². The SMILES string of the molecule is O=c1[nH]nc(-c2ccc(Cl)cc2)n1CCO. The summed E-state index contributed by atoms with van der Waals surface area (Å²) in [4.78, 5) is 11.4. The Labute approximate surface area is 96.3 Å². The minimum absolute atomic E-state index is 0.111. The topological polar surface area (TPSA) is 70.9 Å². The third-order valence-corrected chi connectivity index (χ3v) is 2.44. The van der Waals surface area contributed by atoms with Crippen molar-refractivity contribution in [3.8, 4) is 11.4 Å². The van der Waals surface area contributed by atoms with E-state index in [-0.39, 0.29) is 18.8 Å². The summed E-state index contributed by atoms with van der Waals surface area (Å²) in [6.07, 6.45) is 0. The van der Waals surface area contributed by atoms with Gasteiger partial charge in [-0.2, -0.15) is 5.10 Å². The van der Waals surface area contributed by atoms with Gasteiger partial charge in [0.1, 0.15) is 0 Å². The predicted molar refractivity (Wildman–Crippen MR) is 60.4 cm³/mol. The number of benzene rings is 1. The standard InChI is InChI=1S/C10H10ClN3O2/c11-8-3-1-7(2-4-8)9-12-13-10(16)14(9)5-6-15/h1-4,15H,5-6H2,(H,13,16). The Bertz CT molecular complexity index is 530. The maximum absolute atomic E-state index is 11.4. The van der Waals surface area contributed by atoms with Gasteiger partial charge in [0, 0.05) is 10.6 Å². The number of halogens is 1. The molecular weight excluding hydrogens is 230 g/mol. The molecule has 0 radical (unpaired) electrons. The number of hydrogen-bond donors (Lipinski definition) is 2. The number of aliphatic hydroxyl groups excluding tert-OH is 1. The van der Waals surface area contributed by atoms with Crippen LogP contribution in [0.15, 0.2) is 29.1 Å². The van der Waals surface area contributed by atoms with Crippen LogP contribution in [0.2, 0.25) is 5.02 Å². The molecule has 84 valence electrons. The number of H-pyrrole nitrogens is 1. The highest BCUT2D eigenvalue weighted by Gasteiger charge is 2.09. The first-order valence-corrected chi connectivity index (χ1v) is 5.12. The molecule has 1 aromatic heterocycles. The van der Waals surface area contributed by atoms with E-state index >= 15 is 0 Å². The van der Waals surface area contributed by atoms with E-state index in [0.717, 1.165) is 5.56 Å². The van der Waals surface area contributed by atoms with Gasteiger partial charge < -0.3 is 5.11 Å². The van der Waals surface area contributed by atoms with Crippen molar-refractivity contribution in [2.75, 3.05) is 6.61 Å². The number of nitrogens with zero attached hydrogens (tertiary/aromatic N) is 2. The zero-order valence-corrected chi connectivity index (χ0v) is 9.11. The quantitative estimate of drug-likeness (QED) is 0.836. The number of hydrogen-bond acceptors (Lipinski definition) is 3. The molecule has 2 aromatic rings. The molecule has 16 heavy (non-hydrogen) atoms. The van der Waals surface area contributed by atoms with Crippen molar-refractivity contribution in [3.63, 3.8) is 0 Å². The van der Waals surface area contributed by atoms with E-state index in [2.05, 4.69) is 10.2 Å². The molecule has 0 saturated carbocycles. The molecule has 0 bridgehead atoms. The summed E-state index contributed by atoms with van der Waals surface area (Å²) in [5.74, 6) is 0.496. The molecule has 0 fully saturated rings. The van der Waals surface area contributed by atoms with Gasteiger partial charge in [0.05, 0.1) is 13.2 Å². The summed E-state index contributed by atoms with van der Waals surface area (Å²) in [6, 6.07) is 6.98. The van der Waals surface area contributed by atoms with Gasteiger partial charge in [0.2, 0.25) is 0 Å². The third kappa shape index (κ3) is 2.00. The molecule has 2 rings (SSSR count). The van der Waals surface area contributed by atoms with Crippen LogP contribution in [-0.2, 0) is 6.54 Å². The highest BCUT2D eigenvalue weighted by molar-refractivity contribution is 6.30. The third-order valence-electron chi connectivity index (χ3n) is 2.18. The lowest BCUT2D eigenvalue weighted by atomic mass is 10.2. The normalized spacial score (nSPS) is 10.6. The highest BCUT2D eigenvalue weighted by Crippen LogP contribution is 2.18.